The third-order valence-corrected chi connectivity index (χ3v) is 1.58. The zero-order valence-electron chi connectivity index (χ0n) is 6.16. The van der Waals surface area contributed by atoms with Crippen LogP contribution in [0.4, 0.5) is 0 Å². The fourth-order valence-electron chi connectivity index (χ4n) is 0.377. The summed E-state index contributed by atoms with van der Waals surface area (Å²) in [7, 11) is 1.45. The van der Waals surface area contributed by atoms with Crippen molar-refractivity contribution in [3.8, 4) is 0 Å². The van der Waals surface area contributed by atoms with Crippen molar-refractivity contribution in [1.29, 1.82) is 0 Å². The van der Waals surface area contributed by atoms with E-state index >= 15 is 0 Å². The normalized spacial score (nSPS) is 13.5. The minimum absolute atomic E-state index is 0.453. The van der Waals surface area contributed by atoms with Gasteiger partial charge in [-0.2, -0.15) is 0 Å². The lowest BCUT2D eigenvalue weighted by molar-refractivity contribution is 0.215. The van der Waals surface area contributed by atoms with Gasteiger partial charge >= 0.3 is 0 Å². The zero-order chi connectivity index (χ0) is 7.98. The molecule has 0 saturated carbocycles. The molecule has 0 atom stereocenters. The summed E-state index contributed by atoms with van der Waals surface area (Å²) in [6.45, 7) is 1.65. The fourth-order valence-corrected chi connectivity index (χ4v) is 0.862. The molecule has 1 N–H and O–H groups in total. The number of nitrogens with zero attached hydrogens (tertiary/aromatic N) is 2. The Balaban J connectivity index is 4.21. The van der Waals surface area contributed by atoms with Crippen LogP contribution in [0.3, 0.4) is 0 Å². The molecule has 0 amide bonds. The second-order valence-corrected chi connectivity index (χ2v) is 2.26. The van der Waals surface area contributed by atoms with Crippen LogP contribution in [0.2, 0.25) is 0 Å². The Labute approximate surface area is 63.9 Å². The minimum atomic E-state index is 0.453. The largest absolute Gasteiger partial charge is 0.411 e. The van der Waals surface area contributed by atoms with E-state index in [0.29, 0.717) is 10.8 Å². The maximum Gasteiger partial charge on any atom is 0.160 e. The average Bonchev–Trinajstić information content (AvgIpc) is 1.99. The minimum Gasteiger partial charge on any atom is -0.411 e. The van der Waals surface area contributed by atoms with Gasteiger partial charge in [-0.3, -0.25) is 0 Å². The molecule has 0 saturated heterocycles. The lowest BCUT2D eigenvalue weighted by Crippen LogP contribution is -2.05. The number of hydrogen-bond acceptors (Lipinski definition) is 5. The van der Waals surface area contributed by atoms with Gasteiger partial charge in [0, 0.05) is 0 Å². The van der Waals surface area contributed by atoms with Gasteiger partial charge in [-0.25, -0.2) is 0 Å². The van der Waals surface area contributed by atoms with Crippen molar-refractivity contribution in [1.82, 2.24) is 0 Å². The average molecular weight is 162 g/mol. The maximum atomic E-state index is 8.30. The lowest BCUT2D eigenvalue weighted by Gasteiger charge is -1.96. The second kappa shape index (κ2) is 5.10. The molecule has 0 bridgehead atoms. The van der Waals surface area contributed by atoms with Gasteiger partial charge in [0.1, 0.15) is 12.8 Å². The molecular formula is C5H10N2O2S. The van der Waals surface area contributed by atoms with Crippen molar-refractivity contribution in [3.63, 3.8) is 0 Å². The first kappa shape index (κ1) is 9.29. The van der Waals surface area contributed by atoms with Crippen LogP contribution in [0, 0.1) is 0 Å². The molecule has 0 aliphatic carbocycles. The topological polar surface area (TPSA) is 54.2 Å². The van der Waals surface area contributed by atoms with E-state index in [2.05, 4.69) is 15.1 Å². The Morgan fingerprint density at radius 2 is 2.20 bits per heavy atom. The highest BCUT2D eigenvalue weighted by Crippen LogP contribution is 2.00. The van der Waals surface area contributed by atoms with Gasteiger partial charge in [0.25, 0.3) is 0 Å². The van der Waals surface area contributed by atoms with Crippen LogP contribution in [0.25, 0.3) is 0 Å². The summed E-state index contributed by atoms with van der Waals surface area (Å²) in [4.78, 5) is 4.49. The van der Waals surface area contributed by atoms with Gasteiger partial charge < -0.3 is 10.0 Å². The molecule has 58 valence electrons. The Morgan fingerprint density at radius 1 is 1.60 bits per heavy atom. The summed E-state index contributed by atoms with van der Waals surface area (Å²) in [5.74, 6) is 0. The molecule has 4 nitrogen and oxygen atoms in total. The Morgan fingerprint density at radius 3 is 2.50 bits per heavy atom. The molecule has 0 unspecified atom stereocenters. The van der Waals surface area contributed by atoms with E-state index in [0.717, 1.165) is 0 Å². The summed E-state index contributed by atoms with van der Waals surface area (Å²) < 4.78 is 0. The van der Waals surface area contributed by atoms with Gasteiger partial charge in [0.15, 0.2) is 5.04 Å². The van der Waals surface area contributed by atoms with Crippen LogP contribution < -0.4 is 0 Å². The van der Waals surface area contributed by atoms with Gasteiger partial charge in [-0.05, 0) is 13.2 Å². The first-order valence-electron chi connectivity index (χ1n) is 2.60. The van der Waals surface area contributed by atoms with Gasteiger partial charge in [0.05, 0.1) is 0 Å². The molecule has 10 heavy (non-hydrogen) atoms. The van der Waals surface area contributed by atoms with Crippen molar-refractivity contribution in [2.75, 3.05) is 13.4 Å². The molecule has 0 aliphatic heterocycles. The lowest BCUT2D eigenvalue weighted by atomic mass is 10.5. The highest BCUT2D eigenvalue weighted by molar-refractivity contribution is 8.15. The van der Waals surface area contributed by atoms with Gasteiger partial charge in [0.2, 0.25) is 0 Å². The molecule has 0 aromatic carbocycles. The van der Waals surface area contributed by atoms with Crippen molar-refractivity contribution in [3.05, 3.63) is 0 Å². The molecule has 0 rings (SSSR count). The number of thioether (sulfide) groups is 1. The SMILES string of the molecule is CO/N=C(SC)/C(C)=N/O. The standard InChI is InChI=1S/C5H10N2O2S/c1-4(6-8)5(10-3)7-9-2/h8H,1-3H3/b6-4+,7-5-. The Hall–Kier alpha value is -0.710. The monoisotopic (exact) mass is 162 g/mol. The third kappa shape index (κ3) is 2.72. The van der Waals surface area contributed by atoms with E-state index in [9.17, 15) is 0 Å². The molecule has 0 aromatic rings. The van der Waals surface area contributed by atoms with Crippen LogP contribution in [0.15, 0.2) is 10.3 Å². The van der Waals surface area contributed by atoms with Crippen LogP contribution in [0.5, 0.6) is 0 Å². The second-order valence-electron chi connectivity index (χ2n) is 1.47. The molecule has 0 spiro atoms. The van der Waals surface area contributed by atoms with Crippen molar-refractivity contribution >= 4 is 22.5 Å². The molecule has 5 heteroatoms. The van der Waals surface area contributed by atoms with E-state index in [1.54, 1.807) is 6.92 Å². The van der Waals surface area contributed by atoms with Crippen LogP contribution in [-0.4, -0.2) is 29.3 Å². The molecule has 0 aliphatic rings. The molecular weight excluding hydrogens is 152 g/mol. The predicted molar refractivity (Wildman–Crippen MR) is 42.9 cm³/mol. The Bertz CT molecular complexity index is 156. The highest BCUT2D eigenvalue weighted by atomic mass is 32.2. The summed E-state index contributed by atoms with van der Waals surface area (Å²) >= 11 is 1.36. The number of oxime groups is 2. The first-order chi connectivity index (χ1) is 4.76. The van der Waals surface area contributed by atoms with E-state index in [4.69, 9.17) is 5.21 Å². The number of hydrogen-bond donors (Lipinski definition) is 1. The fraction of sp³-hybridized carbons (Fsp3) is 0.600. The maximum absolute atomic E-state index is 8.30. The van der Waals surface area contributed by atoms with E-state index in [-0.39, 0.29) is 0 Å². The molecule has 0 aromatic heterocycles. The molecule has 0 fully saturated rings. The van der Waals surface area contributed by atoms with Crippen LogP contribution >= 0.6 is 11.8 Å². The van der Waals surface area contributed by atoms with Crippen LogP contribution in [0.1, 0.15) is 6.92 Å². The highest BCUT2D eigenvalue weighted by Gasteiger charge is 2.01. The van der Waals surface area contributed by atoms with Crippen molar-refractivity contribution < 1.29 is 10.0 Å². The molecule has 0 heterocycles. The smallest absolute Gasteiger partial charge is 0.160 e. The van der Waals surface area contributed by atoms with Gasteiger partial charge in [-0.1, -0.05) is 10.3 Å². The van der Waals surface area contributed by atoms with Crippen molar-refractivity contribution in [2.45, 2.75) is 6.92 Å². The summed E-state index contributed by atoms with van der Waals surface area (Å²) in [6, 6.07) is 0. The van der Waals surface area contributed by atoms with Crippen LogP contribution in [-0.2, 0) is 4.84 Å². The van der Waals surface area contributed by atoms with Crippen molar-refractivity contribution in [2.24, 2.45) is 10.3 Å². The van der Waals surface area contributed by atoms with E-state index in [1.807, 2.05) is 6.26 Å². The Kier molecular flexibility index (Phi) is 4.74. The first-order valence-corrected chi connectivity index (χ1v) is 3.83. The van der Waals surface area contributed by atoms with Gasteiger partial charge in [-0.15, -0.1) is 11.8 Å². The van der Waals surface area contributed by atoms with E-state index < -0.39 is 0 Å². The molecule has 0 radical (unpaired) electrons. The quantitative estimate of drug-likeness (QED) is 0.287. The summed E-state index contributed by atoms with van der Waals surface area (Å²) in [6.07, 6.45) is 1.83. The summed E-state index contributed by atoms with van der Waals surface area (Å²) in [5.41, 5.74) is 0.453. The number of rotatable bonds is 2. The zero-order valence-corrected chi connectivity index (χ0v) is 6.97. The predicted octanol–water partition coefficient (Wildman–Crippen LogP) is 1.16. The third-order valence-electron chi connectivity index (χ3n) is 0.827. The summed E-state index contributed by atoms with van der Waals surface area (Å²) in [5, 5.41) is 15.4. The van der Waals surface area contributed by atoms with E-state index in [1.165, 1.54) is 18.9 Å².